The van der Waals surface area contributed by atoms with Crippen LogP contribution < -0.4 is 10.5 Å². The molecule has 19 heavy (non-hydrogen) atoms. The predicted molar refractivity (Wildman–Crippen MR) is 78.1 cm³/mol. The number of aromatic amines is 1. The van der Waals surface area contributed by atoms with Gasteiger partial charge >= 0.3 is 0 Å². The van der Waals surface area contributed by atoms with E-state index in [1.807, 2.05) is 43.1 Å². The van der Waals surface area contributed by atoms with E-state index in [0.717, 1.165) is 5.56 Å². The standard InChI is InChI=1S/C13H13Cl2N3O/c1-8(9-4-3-5-10(14)6-9)18(2)12-11(15)13(19)17-7-16-12/h3-8H,1-2H3,(H,16,17,19). The Bertz CT molecular complexity index is 642. The van der Waals surface area contributed by atoms with Crippen LogP contribution in [0.5, 0.6) is 0 Å². The fourth-order valence-corrected chi connectivity index (χ4v) is 2.23. The third-order valence-corrected chi connectivity index (χ3v) is 3.60. The molecule has 1 aromatic carbocycles. The van der Waals surface area contributed by atoms with Gasteiger partial charge in [0.25, 0.3) is 5.56 Å². The van der Waals surface area contributed by atoms with Gasteiger partial charge in [0.15, 0.2) is 5.82 Å². The molecule has 1 aromatic heterocycles. The molecule has 0 radical (unpaired) electrons. The molecule has 0 saturated heterocycles. The molecular weight excluding hydrogens is 285 g/mol. The lowest BCUT2D eigenvalue weighted by atomic mass is 10.1. The first-order valence-corrected chi connectivity index (χ1v) is 6.47. The number of hydrogen-bond acceptors (Lipinski definition) is 3. The quantitative estimate of drug-likeness (QED) is 0.946. The average molecular weight is 298 g/mol. The first kappa shape index (κ1) is 13.9. The van der Waals surface area contributed by atoms with Gasteiger partial charge in [-0.2, -0.15) is 0 Å². The Morgan fingerprint density at radius 3 is 2.79 bits per heavy atom. The maximum atomic E-state index is 11.5. The third kappa shape index (κ3) is 2.91. The van der Waals surface area contributed by atoms with Gasteiger partial charge in [0.1, 0.15) is 5.02 Å². The molecule has 1 N–H and O–H groups in total. The number of H-pyrrole nitrogens is 1. The van der Waals surface area contributed by atoms with Gasteiger partial charge in [0.2, 0.25) is 0 Å². The van der Waals surface area contributed by atoms with Crippen molar-refractivity contribution in [3.8, 4) is 0 Å². The largest absolute Gasteiger partial charge is 0.351 e. The molecule has 1 atom stereocenters. The van der Waals surface area contributed by atoms with Crippen LogP contribution in [0.1, 0.15) is 18.5 Å². The van der Waals surface area contributed by atoms with Crippen LogP contribution in [0.4, 0.5) is 5.82 Å². The van der Waals surface area contributed by atoms with E-state index in [0.29, 0.717) is 10.8 Å². The number of anilines is 1. The molecule has 0 aliphatic rings. The zero-order valence-electron chi connectivity index (χ0n) is 10.5. The zero-order chi connectivity index (χ0) is 14.0. The molecule has 6 heteroatoms. The minimum Gasteiger partial charge on any atom is -0.351 e. The Labute approximate surface area is 121 Å². The first-order valence-electron chi connectivity index (χ1n) is 5.72. The monoisotopic (exact) mass is 297 g/mol. The highest BCUT2D eigenvalue weighted by molar-refractivity contribution is 6.32. The number of nitrogens with one attached hydrogen (secondary N) is 1. The van der Waals surface area contributed by atoms with Crippen LogP contribution >= 0.6 is 23.2 Å². The summed E-state index contributed by atoms with van der Waals surface area (Å²) in [6.07, 6.45) is 1.34. The Kier molecular flexibility index (Phi) is 4.12. The van der Waals surface area contributed by atoms with Crippen LogP contribution in [0.2, 0.25) is 10.0 Å². The number of hydrogen-bond donors (Lipinski definition) is 1. The van der Waals surface area contributed by atoms with E-state index >= 15 is 0 Å². The molecule has 0 aliphatic heterocycles. The second kappa shape index (κ2) is 5.63. The maximum absolute atomic E-state index is 11.5. The van der Waals surface area contributed by atoms with E-state index in [1.165, 1.54) is 6.33 Å². The SMILES string of the molecule is CC(c1cccc(Cl)c1)N(C)c1nc[nH]c(=O)c1Cl. The fraction of sp³-hybridized carbons (Fsp3) is 0.231. The van der Waals surface area contributed by atoms with Gasteiger partial charge in [-0.3, -0.25) is 4.79 Å². The second-order valence-electron chi connectivity index (χ2n) is 4.21. The van der Waals surface area contributed by atoms with Gasteiger partial charge in [-0.15, -0.1) is 0 Å². The summed E-state index contributed by atoms with van der Waals surface area (Å²) in [5, 5.41) is 0.751. The minimum absolute atomic E-state index is 0.00880. The summed E-state index contributed by atoms with van der Waals surface area (Å²) < 4.78 is 0. The number of halogens is 2. The Hall–Kier alpha value is -1.52. The second-order valence-corrected chi connectivity index (χ2v) is 5.03. The van der Waals surface area contributed by atoms with Gasteiger partial charge in [-0.05, 0) is 24.6 Å². The molecule has 0 aliphatic carbocycles. The van der Waals surface area contributed by atoms with Crippen LogP contribution in [0.3, 0.4) is 0 Å². The Morgan fingerprint density at radius 2 is 2.11 bits per heavy atom. The van der Waals surface area contributed by atoms with Gasteiger partial charge in [0, 0.05) is 12.1 Å². The minimum atomic E-state index is -0.350. The Morgan fingerprint density at radius 1 is 1.37 bits per heavy atom. The summed E-state index contributed by atoms with van der Waals surface area (Å²) in [5.41, 5.74) is 0.671. The zero-order valence-corrected chi connectivity index (χ0v) is 12.0. The average Bonchev–Trinajstić information content (AvgIpc) is 2.40. The summed E-state index contributed by atoms with van der Waals surface area (Å²) in [6.45, 7) is 1.99. The topological polar surface area (TPSA) is 49.0 Å². The highest BCUT2D eigenvalue weighted by Gasteiger charge is 2.17. The van der Waals surface area contributed by atoms with Gasteiger partial charge < -0.3 is 9.88 Å². The number of aromatic nitrogens is 2. The number of benzene rings is 1. The van der Waals surface area contributed by atoms with Crippen LogP contribution in [0.15, 0.2) is 35.4 Å². The van der Waals surface area contributed by atoms with Crippen molar-refractivity contribution in [1.29, 1.82) is 0 Å². The van der Waals surface area contributed by atoms with Crippen molar-refractivity contribution in [2.24, 2.45) is 0 Å². The van der Waals surface area contributed by atoms with Crippen molar-refractivity contribution >= 4 is 29.0 Å². The lowest BCUT2D eigenvalue weighted by Crippen LogP contribution is -2.25. The summed E-state index contributed by atoms with van der Waals surface area (Å²) in [5.74, 6) is 0.442. The molecule has 0 bridgehead atoms. The third-order valence-electron chi connectivity index (χ3n) is 3.02. The van der Waals surface area contributed by atoms with E-state index in [4.69, 9.17) is 23.2 Å². The normalized spacial score (nSPS) is 12.2. The molecule has 4 nitrogen and oxygen atoms in total. The molecule has 100 valence electrons. The van der Waals surface area contributed by atoms with Gasteiger partial charge in [-0.1, -0.05) is 35.3 Å². The van der Waals surface area contributed by atoms with E-state index in [1.54, 1.807) is 0 Å². The number of nitrogens with zero attached hydrogens (tertiary/aromatic N) is 2. The molecule has 0 saturated carbocycles. The highest BCUT2D eigenvalue weighted by Crippen LogP contribution is 2.28. The molecule has 0 fully saturated rings. The van der Waals surface area contributed by atoms with Gasteiger partial charge in [0.05, 0.1) is 12.4 Å². The lowest BCUT2D eigenvalue weighted by molar-refractivity contribution is 0.726. The molecule has 1 unspecified atom stereocenters. The maximum Gasteiger partial charge on any atom is 0.271 e. The smallest absolute Gasteiger partial charge is 0.271 e. The van der Waals surface area contributed by atoms with Crippen LogP contribution in [0, 0.1) is 0 Å². The van der Waals surface area contributed by atoms with Crippen molar-refractivity contribution in [3.05, 3.63) is 56.6 Å². The van der Waals surface area contributed by atoms with Crippen LogP contribution in [-0.2, 0) is 0 Å². The van der Waals surface area contributed by atoms with Crippen molar-refractivity contribution < 1.29 is 0 Å². The predicted octanol–water partition coefficient (Wildman–Crippen LogP) is 3.27. The summed E-state index contributed by atoms with van der Waals surface area (Å²) in [7, 11) is 1.83. The fourth-order valence-electron chi connectivity index (χ4n) is 1.79. The van der Waals surface area contributed by atoms with Crippen molar-refractivity contribution in [3.63, 3.8) is 0 Å². The van der Waals surface area contributed by atoms with E-state index in [2.05, 4.69) is 9.97 Å². The molecule has 0 amide bonds. The van der Waals surface area contributed by atoms with Crippen molar-refractivity contribution in [2.45, 2.75) is 13.0 Å². The molecule has 2 rings (SSSR count). The van der Waals surface area contributed by atoms with E-state index < -0.39 is 0 Å². The van der Waals surface area contributed by atoms with E-state index in [-0.39, 0.29) is 16.6 Å². The Balaban J connectivity index is 2.36. The molecule has 0 spiro atoms. The first-order chi connectivity index (χ1) is 9.00. The molecule has 1 heterocycles. The number of rotatable bonds is 3. The molecule has 2 aromatic rings. The van der Waals surface area contributed by atoms with Crippen molar-refractivity contribution in [2.75, 3.05) is 11.9 Å². The van der Waals surface area contributed by atoms with Crippen LogP contribution in [0.25, 0.3) is 0 Å². The van der Waals surface area contributed by atoms with Crippen LogP contribution in [-0.4, -0.2) is 17.0 Å². The lowest BCUT2D eigenvalue weighted by Gasteiger charge is -2.26. The molecular formula is C13H13Cl2N3O. The summed E-state index contributed by atoms with van der Waals surface area (Å²) >= 11 is 12.0. The highest BCUT2D eigenvalue weighted by atomic mass is 35.5. The summed E-state index contributed by atoms with van der Waals surface area (Å²) in [4.78, 5) is 19.9. The van der Waals surface area contributed by atoms with Gasteiger partial charge in [-0.25, -0.2) is 4.98 Å². The van der Waals surface area contributed by atoms with E-state index in [9.17, 15) is 4.79 Å². The summed E-state index contributed by atoms with van der Waals surface area (Å²) in [6, 6.07) is 7.54. The van der Waals surface area contributed by atoms with Crippen molar-refractivity contribution in [1.82, 2.24) is 9.97 Å².